The van der Waals surface area contributed by atoms with E-state index in [9.17, 15) is 5.11 Å². The lowest BCUT2D eigenvalue weighted by atomic mass is 10.2. The summed E-state index contributed by atoms with van der Waals surface area (Å²) in [6.45, 7) is 7.95. The van der Waals surface area contributed by atoms with Gasteiger partial charge in [-0.25, -0.2) is 9.97 Å². The number of aliphatic hydroxyl groups is 1. The van der Waals surface area contributed by atoms with E-state index in [4.69, 9.17) is 4.74 Å². The topological polar surface area (TPSA) is 55.2 Å². The number of rotatable bonds is 5. The summed E-state index contributed by atoms with van der Waals surface area (Å²) in [5.74, 6) is 1.57. The fourth-order valence-corrected chi connectivity index (χ4v) is 1.21. The van der Waals surface area contributed by atoms with E-state index in [1.165, 1.54) is 0 Å². The molecule has 0 aliphatic rings. The molecule has 1 rings (SSSR count). The van der Waals surface area contributed by atoms with Gasteiger partial charge in [-0.2, -0.15) is 0 Å². The second kappa shape index (κ2) is 5.80. The molecule has 1 N–H and O–H groups in total. The smallest absolute Gasteiger partial charge is 0.161 e. The van der Waals surface area contributed by atoms with Gasteiger partial charge in [-0.1, -0.05) is 20.8 Å². The normalized spacial score (nSPS) is 12.9. The van der Waals surface area contributed by atoms with Crippen LogP contribution in [0.4, 0.5) is 0 Å². The van der Waals surface area contributed by atoms with Gasteiger partial charge in [0, 0.05) is 5.92 Å². The maximum absolute atomic E-state index is 9.24. The highest BCUT2D eigenvalue weighted by atomic mass is 16.5. The summed E-state index contributed by atoms with van der Waals surface area (Å²) in [4.78, 5) is 8.52. The lowest BCUT2D eigenvalue weighted by molar-refractivity contribution is 0.202. The summed E-state index contributed by atoms with van der Waals surface area (Å²) in [7, 11) is 0. The first kappa shape index (κ1) is 12.9. The van der Waals surface area contributed by atoms with Crippen LogP contribution in [0, 0.1) is 0 Å². The number of aliphatic hydroxyl groups excluding tert-OH is 1. The standard InChI is InChI=1S/C12H20N2O2/c1-5-9(4)16-11-6-13-12(8(2)3)14-10(11)7-15/h6,8-9,15H,5,7H2,1-4H3. The van der Waals surface area contributed by atoms with Crippen molar-refractivity contribution in [1.29, 1.82) is 0 Å². The zero-order chi connectivity index (χ0) is 12.1. The van der Waals surface area contributed by atoms with Crippen LogP contribution in [-0.2, 0) is 6.61 Å². The van der Waals surface area contributed by atoms with Crippen LogP contribution >= 0.6 is 0 Å². The molecule has 0 radical (unpaired) electrons. The van der Waals surface area contributed by atoms with Crippen LogP contribution in [0.25, 0.3) is 0 Å². The van der Waals surface area contributed by atoms with Gasteiger partial charge in [0.1, 0.15) is 11.5 Å². The van der Waals surface area contributed by atoms with Crippen LogP contribution < -0.4 is 4.74 Å². The molecular formula is C12H20N2O2. The number of hydrogen-bond donors (Lipinski definition) is 1. The fourth-order valence-electron chi connectivity index (χ4n) is 1.21. The van der Waals surface area contributed by atoms with Gasteiger partial charge in [0.25, 0.3) is 0 Å². The summed E-state index contributed by atoms with van der Waals surface area (Å²) in [6.07, 6.45) is 2.68. The molecule has 4 nitrogen and oxygen atoms in total. The highest BCUT2D eigenvalue weighted by molar-refractivity contribution is 5.25. The average molecular weight is 224 g/mol. The summed E-state index contributed by atoms with van der Waals surface area (Å²) < 4.78 is 5.64. The fraction of sp³-hybridized carbons (Fsp3) is 0.667. The predicted octanol–water partition coefficient (Wildman–Crippen LogP) is 2.27. The second-order valence-electron chi connectivity index (χ2n) is 4.19. The van der Waals surface area contributed by atoms with Crippen molar-refractivity contribution in [2.45, 2.75) is 52.7 Å². The Morgan fingerprint density at radius 2 is 2.06 bits per heavy atom. The number of hydrogen-bond acceptors (Lipinski definition) is 4. The Bertz CT molecular complexity index is 340. The van der Waals surface area contributed by atoms with Crippen molar-refractivity contribution >= 4 is 0 Å². The zero-order valence-electron chi connectivity index (χ0n) is 10.4. The largest absolute Gasteiger partial charge is 0.487 e. The van der Waals surface area contributed by atoms with Gasteiger partial charge in [-0.05, 0) is 13.3 Å². The minimum absolute atomic E-state index is 0.110. The first-order chi connectivity index (χ1) is 7.58. The van der Waals surface area contributed by atoms with Crippen LogP contribution in [0.1, 0.15) is 51.6 Å². The van der Waals surface area contributed by atoms with Crippen LogP contribution in [0.5, 0.6) is 5.75 Å². The molecule has 1 aromatic rings. The van der Waals surface area contributed by atoms with Gasteiger partial charge in [0.2, 0.25) is 0 Å². The van der Waals surface area contributed by atoms with Gasteiger partial charge in [-0.3, -0.25) is 0 Å². The molecule has 0 aliphatic heterocycles. The molecule has 0 saturated heterocycles. The molecule has 4 heteroatoms. The van der Waals surface area contributed by atoms with Crippen LogP contribution in [0.15, 0.2) is 6.20 Å². The molecule has 0 saturated carbocycles. The zero-order valence-corrected chi connectivity index (χ0v) is 10.4. The Balaban J connectivity index is 2.93. The van der Waals surface area contributed by atoms with E-state index in [0.29, 0.717) is 11.4 Å². The van der Waals surface area contributed by atoms with E-state index in [1.54, 1.807) is 6.20 Å². The van der Waals surface area contributed by atoms with Gasteiger partial charge >= 0.3 is 0 Å². The van der Waals surface area contributed by atoms with Crippen LogP contribution in [0.2, 0.25) is 0 Å². The van der Waals surface area contributed by atoms with Crippen molar-refractivity contribution in [2.75, 3.05) is 0 Å². The molecule has 1 atom stereocenters. The van der Waals surface area contributed by atoms with Crippen molar-refractivity contribution in [1.82, 2.24) is 9.97 Å². The maximum atomic E-state index is 9.24. The van der Waals surface area contributed by atoms with E-state index >= 15 is 0 Å². The van der Waals surface area contributed by atoms with Crippen molar-refractivity contribution in [2.24, 2.45) is 0 Å². The third kappa shape index (κ3) is 3.17. The molecule has 0 spiro atoms. The molecule has 1 unspecified atom stereocenters. The number of ether oxygens (including phenoxy) is 1. The average Bonchev–Trinajstić information content (AvgIpc) is 2.29. The van der Waals surface area contributed by atoms with Gasteiger partial charge in [0.05, 0.1) is 18.9 Å². The molecule has 0 fully saturated rings. The summed E-state index contributed by atoms with van der Waals surface area (Å²) in [6, 6.07) is 0. The second-order valence-corrected chi connectivity index (χ2v) is 4.19. The van der Waals surface area contributed by atoms with Gasteiger partial charge in [-0.15, -0.1) is 0 Å². The lowest BCUT2D eigenvalue weighted by Crippen LogP contribution is -2.13. The third-order valence-corrected chi connectivity index (χ3v) is 2.42. The lowest BCUT2D eigenvalue weighted by Gasteiger charge is -2.15. The Hall–Kier alpha value is -1.16. The Kier molecular flexibility index (Phi) is 4.68. The highest BCUT2D eigenvalue weighted by Crippen LogP contribution is 2.20. The predicted molar refractivity (Wildman–Crippen MR) is 62.4 cm³/mol. The van der Waals surface area contributed by atoms with E-state index < -0.39 is 0 Å². The molecule has 0 aliphatic carbocycles. The molecular weight excluding hydrogens is 204 g/mol. The van der Waals surface area contributed by atoms with E-state index in [-0.39, 0.29) is 18.6 Å². The molecule has 90 valence electrons. The molecule has 16 heavy (non-hydrogen) atoms. The summed E-state index contributed by atoms with van der Waals surface area (Å²) >= 11 is 0. The molecule has 0 bridgehead atoms. The number of nitrogens with zero attached hydrogens (tertiary/aromatic N) is 2. The minimum Gasteiger partial charge on any atom is -0.487 e. The molecule has 0 aromatic carbocycles. The van der Waals surface area contributed by atoms with Crippen LogP contribution in [0.3, 0.4) is 0 Å². The molecule has 1 aromatic heterocycles. The Morgan fingerprint density at radius 1 is 1.38 bits per heavy atom. The van der Waals surface area contributed by atoms with E-state index in [0.717, 1.165) is 12.2 Å². The summed E-state index contributed by atoms with van der Waals surface area (Å²) in [5.41, 5.74) is 0.569. The van der Waals surface area contributed by atoms with E-state index in [1.807, 2.05) is 27.7 Å². The number of aromatic nitrogens is 2. The highest BCUT2D eigenvalue weighted by Gasteiger charge is 2.11. The van der Waals surface area contributed by atoms with Crippen molar-refractivity contribution in [3.05, 3.63) is 17.7 Å². The Labute approximate surface area is 96.7 Å². The molecule has 1 heterocycles. The first-order valence-electron chi connectivity index (χ1n) is 5.71. The monoisotopic (exact) mass is 224 g/mol. The van der Waals surface area contributed by atoms with E-state index in [2.05, 4.69) is 9.97 Å². The molecule has 0 amide bonds. The van der Waals surface area contributed by atoms with Crippen molar-refractivity contribution in [3.63, 3.8) is 0 Å². The van der Waals surface area contributed by atoms with Crippen molar-refractivity contribution < 1.29 is 9.84 Å². The minimum atomic E-state index is -0.117. The Morgan fingerprint density at radius 3 is 2.56 bits per heavy atom. The SMILES string of the molecule is CCC(C)Oc1cnc(C(C)C)nc1CO. The van der Waals surface area contributed by atoms with Crippen LogP contribution in [-0.4, -0.2) is 21.2 Å². The third-order valence-electron chi connectivity index (χ3n) is 2.42. The van der Waals surface area contributed by atoms with Crippen molar-refractivity contribution in [3.8, 4) is 5.75 Å². The quantitative estimate of drug-likeness (QED) is 0.833. The maximum Gasteiger partial charge on any atom is 0.161 e. The summed E-state index contributed by atoms with van der Waals surface area (Å²) in [5, 5.41) is 9.24. The van der Waals surface area contributed by atoms with Gasteiger partial charge in [0.15, 0.2) is 5.75 Å². The van der Waals surface area contributed by atoms with Gasteiger partial charge < -0.3 is 9.84 Å². The first-order valence-corrected chi connectivity index (χ1v) is 5.71.